The lowest BCUT2D eigenvalue weighted by Crippen LogP contribution is -2.43. The molecular formula is C12H23NO. The molecule has 0 aromatic heterocycles. The van der Waals surface area contributed by atoms with Gasteiger partial charge in [-0.05, 0) is 39.5 Å². The van der Waals surface area contributed by atoms with Crippen LogP contribution in [-0.4, -0.2) is 24.3 Å². The van der Waals surface area contributed by atoms with Gasteiger partial charge in [0.05, 0.1) is 11.7 Å². The third-order valence-electron chi connectivity index (χ3n) is 3.29. The Balaban J connectivity index is 1.83. The molecule has 0 amide bonds. The SMILES string of the molecule is CC(C)OC1(CNC2CC2)CCCC1. The Morgan fingerprint density at radius 2 is 1.93 bits per heavy atom. The van der Waals surface area contributed by atoms with Gasteiger partial charge in [0.1, 0.15) is 0 Å². The molecule has 2 fully saturated rings. The summed E-state index contributed by atoms with van der Waals surface area (Å²) in [4.78, 5) is 0. The average molecular weight is 197 g/mol. The first-order valence-electron chi connectivity index (χ1n) is 6.11. The molecule has 2 nitrogen and oxygen atoms in total. The van der Waals surface area contributed by atoms with Gasteiger partial charge in [-0.25, -0.2) is 0 Å². The van der Waals surface area contributed by atoms with Gasteiger partial charge in [0.15, 0.2) is 0 Å². The van der Waals surface area contributed by atoms with Gasteiger partial charge in [-0.2, -0.15) is 0 Å². The van der Waals surface area contributed by atoms with Gasteiger partial charge in [-0.3, -0.25) is 0 Å². The van der Waals surface area contributed by atoms with Crippen LogP contribution in [0.1, 0.15) is 52.4 Å². The zero-order valence-electron chi connectivity index (χ0n) is 9.51. The van der Waals surface area contributed by atoms with E-state index in [1.54, 1.807) is 0 Å². The zero-order valence-corrected chi connectivity index (χ0v) is 9.51. The molecule has 0 bridgehead atoms. The normalized spacial score (nSPS) is 25.9. The summed E-state index contributed by atoms with van der Waals surface area (Å²) in [5.74, 6) is 0. The Hall–Kier alpha value is -0.0800. The van der Waals surface area contributed by atoms with Crippen LogP contribution in [0.25, 0.3) is 0 Å². The maximum atomic E-state index is 6.11. The highest BCUT2D eigenvalue weighted by molar-refractivity contribution is 4.92. The van der Waals surface area contributed by atoms with Crippen molar-refractivity contribution in [2.24, 2.45) is 0 Å². The van der Waals surface area contributed by atoms with Crippen LogP contribution in [0.3, 0.4) is 0 Å². The molecule has 0 spiro atoms. The first-order chi connectivity index (χ1) is 6.70. The monoisotopic (exact) mass is 197 g/mol. The average Bonchev–Trinajstić information content (AvgIpc) is 2.85. The standard InChI is InChI=1S/C12H23NO/c1-10(2)14-12(7-3-4-8-12)9-13-11-5-6-11/h10-11,13H,3-9H2,1-2H3. The zero-order chi connectivity index (χ0) is 10.0. The van der Waals surface area contributed by atoms with E-state index in [0.717, 1.165) is 12.6 Å². The second-order valence-electron chi connectivity index (χ2n) is 5.21. The van der Waals surface area contributed by atoms with Crippen LogP contribution < -0.4 is 5.32 Å². The van der Waals surface area contributed by atoms with Crippen LogP contribution in [0.5, 0.6) is 0 Å². The van der Waals surface area contributed by atoms with Crippen LogP contribution in [0, 0.1) is 0 Å². The topological polar surface area (TPSA) is 21.3 Å². The second kappa shape index (κ2) is 4.19. The molecule has 2 aliphatic carbocycles. The highest BCUT2D eigenvalue weighted by Gasteiger charge is 2.36. The van der Waals surface area contributed by atoms with Crippen molar-refractivity contribution in [1.82, 2.24) is 5.32 Å². The summed E-state index contributed by atoms with van der Waals surface area (Å²) in [6.45, 7) is 5.38. The van der Waals surface area contributed by atoms with E-state index in [1.807, 2.05) is 0 Å². The van der Waals surface area contributed by atoms with Gasteiger partial charge in [0.2, 0.25) is 0 Å². The number of ether oxygens (including phenoxy) is 1. The third-order valence-corrected chi connectivity index (χ3v) is 3.29. The van der Waals surface area contributed by atoms with Crippen molar-refractivity contribution in [1.29, 1.82) is 0 Å². The molecule has 0 aromatic carbocycles. The number of hydrogen-bond donors (Lipinski definition) is 1. The molecule has 2 heteroatoms. The van der Waals surface area contributed by atoms with Crippen molar-refractivity contribution >= 4 is 0 Å². The van der Waals surface area contributed by atoms with Crippen LogP contribution in [0.4, 0.5) is 0 Å². The summed E-state index contributed by atoms with van der Waals surface area (Å²) >= 11 is 0. The van der Waals surface area contributed by atoms with Crippen molar-refractivity contribution in [3.8, 4) is 0 Å². The predicted octanol–water partition coefficient (Wildman–Crippen LogP) is 2.48. The summed E-state index contributed by atoms with van der Waals surface area (Å²) in [5.41, 5.74) is 0.177. The quantitative estimate of drug-likeness (QED) is 0.731. The van der Waals surface area contributed by atoms with E-state index in [2.05, 4.69) is 19.2 Å². The predicted molar refractivity (Wildman–Crippen MR) is 58.4 cm³/mol. The van der Waals surface area contributed by atoms with E-state index in [9.17, 15) is 0 Å². The van der Waals surface area contributed by atoms with E-state index in [4.69, 9.17) is 4.74 Å². The maximum Gasteiger partial charge on any atom is 0.0809 e. The van der Waals surface area contributed by atoms with Crippen molar-refractivity contribution < 1.29 is 4.74 Å². The van der Waals surface area contributed by atoms with Gasteiger partial charge in [0.25, 0.3) is 0 Å². The Bertz CT molecular complexity index is 181. The minimum atomic E-state index is 0.177. The number of hydrogen-bond acceptors (Lipinski definition) is 2. The molecule has 82 valence electrons. The fourth-order valence-corrected chi connectivity index (χ4v) is 2.47. The first kappa shape index (κ1) is 10.4. The molecule has 0 radical (unpaired) electrons. The van der Waals surface area contributed by atoms with Gasteiger partial charge >= 0.3 is 0 Å². The van der Waals surface area contributed by atoms with Crippen molar-refractivity contribution in [3.63, 3.8) is 0 Å². The molecule has 2 rings (SSSR count). The van der Waals surface area contributed by atoms with Gasteiger partial charge < -0.3 is 10.1 Å². The third kappa shape index (κ3) is 2.71. The van der Waals surface area contributed by atoms with E-state index in [1.165, 1.54) is 38.5 Å². The van der Waals surface area contributed by atoms with Crippen LogP contribution in [0.2, 0.25) is 0 Å². The molecule has 2 saturated carbocycles. The lowest BCUT2D eigenvalue weighted by Gasteiger charge is -2.32. The Morgan fingerprint density at radius 3 is 2.43 bits per heavy atom. The van der Waals surface area contributed by atoms with Crippen molar-refractivity contribution in [3.05, 3.63) is 0 Å². The maximum absolute atomic E-state index is 6.11. The first-order valence-corrected chi connectivity index (χ1v) is 6.11. The molecule has 2 aliphatic rings. The van der Waals surface area contributed by atoms with Gasteiger partial charge in [-0.15, -0.1) is 0 Å². The molecule has 0 aliphatic heterocycles. The largest absolute Gasteiger partial charge is 0.371 e. The molecular weight excluding hydrogens is 174 g/mol. The minimum Gasteiger partial charge on any atom is -0.371 e. The van der Waals surface area contributed by atoms with Gasteiger partial charge in [0, 0.05) is 12.6 Å². The summed E-state index contributed by atoms with van der Waals surface area (Å²) in [6.07, 6.45) is 8.32. The van der Waals surface area contributed by atoms with Gasteiger partial charge in [-0.1, -0.05) is 12.8 Å². The van der Waals surface area contributed by atoms with Crippen LogP contribution in [-0.2, 0) is 4.74 Å². The molecule has 1 N–H and O–H groups in total. The summed E-state index contributed by atoms with van der Waals surface area (Å²) in [7, 11) is 0. The molecule has 0 unspecified atom stereocenters. The minimum absolute atomic E-state index is 0.177. The smallest absolute Gasteiger partial charge is 0.0809 e. The molecule has 0 heterocycles. The fraction of sp³-hybridized carbons (Fsp3) is 1.00. The van der Waals surface area contributed by atoms with E-state index in [-0.39, 0.29) is 5.60 Å². The molecule has 0 aromatic rings. The van der Waals surface area contributed by atoms with Crippen molar-refractivity contribution in [2.75, 3.05) is 6.54 Å². The molecule has 0 atom stereocenters. The number of nitrogens with one attached hydrogen (secondary N) is 1. The van der Waals surface area contributed by atoms with Crippen LogP contribution in [0.15, 0.2) is 0 Å². The Labute approximate surface area is 87.4 Å². The summed E-state index contributed by atoms with van der Waals surface area (Å²) in [5, 5.41) is 3.62. The van der Waals surface area contributed by atoms with E-state index in [0.29, 0.717) is 6.10 Å². The fourth-order valence-electron chi connectivity index (χ4n) is 2.47. The van der Waals surface area contributed by atoms with Crippen LogP contribution >= 0.6 is 0 Å². The lowest BCUT2D eigenvalue weighted by molar-refractivity contribution is -0.0742. The molecule has 0 saturated heterocycles. The summed E-state index contributed by atoms with van der Waals surface area (Å²) in [6, 6.07) is 0.809. The highest BCUT2D eigenvalue weighted by Crippen LogP contribution is 2.34. The Kier molecular flexibility index (Phi) is 3.13. The second-order valence-corrected chi connectivity index (χ2v) is 5.21. The molecule has 14 heavy (non-hydrogen) atoms. The van der Waals surface area contributed by atoms with E-state index < -0.39 is 0 Å². The summed E-state index contributed by atoms with van der Waals surface area (Å²) < 4.78 is 6.11. The Morgan fingerprint density at radius 1 is 1.29 bits per heavy atom. The highest BCUT2D eigenvalue weighted by atomic mass is 16.5. The lowest BCUT2D eigenvalue weighted by atomic mass is 10.0. The van der Waals surface area contributed by atoms with Crippen molar-refractivity contribution in [2.45, 2.75) is 70.1 Å². The van der Waals surface area contributed by atoms with E-state index >= 15 is 0 Å². The number of rotatable bonds is 5.